The maximum absolute atomic E-state index is 6.09. The highest BCUT2D eigenvalue weighted by Crippen LogP contribution is 2.16. The van der Waals surface area contributed by atoms with E-state index in [1.165, 1.54) is 0 Å². The number of methoxy groups -OCH3 is 1. The Labute approximate surface area is 114 Å². The first-order valence-corrected chi connectivity index (χ1v) is 6.56. The minimum Gasteiger partial charge on any atom is -0.385 e. The molecule has 1 N–H and O–H groups in total. The highest BCUT2D eigenvalue weighted by Gasteiger charge is 2.21. The summed E-state index contributed by atoms with van der Waals surface area (Å²) in [7, 11) is 7.80. The summed E-state index contributed by atoms with van der Waals surface area (Å²) in [4.78, 5) is 0. The third-order valence-corrected chi connectivity index (χ3v) is 3.13. The van der Waals surface area contributed by atoms with E-state index >= 15 is 0 Å². The molecule has 2 radical (unpaired) electrons. The molecular weight excluding hydrogens is 225 g/mol. The zero-order chi connectivity index (χ0) is 14.2. The Morgan fingerprint density at radius 1 is 1.33 bits per heavy atom. The molecule has 2 atom stereocenters. The molecule has 4 heteroatoms. The number of hydrogen-bond donors (Lipinski definition) is 1. The Kier molecular flexibility index (Phi) is 7.84. The molecule has 104 valence electrons. The van der Waals surface area contributed by atoms with E-state index in [0.717, 1.165) is 19.4 Å². The quantitative estimate of drug-likeness (QED) is 0.478. The zero-order valence-corrected chi connectivity index (χ0v) is 12.6. The van der Waals surface area contributed by atoms with Gasteiger partial charge in [-0.05, 0) is 47.1 Å². The van der Waals surface area contributed by atoms with E-state index in [2.05, 4.69) is 18.8 Å². The van der Waals surface area contributed by atoms with Crippen LogP contribution in [0.1, 0.15) is 40.5 Å². The molecule has 18 heavy (non-hydrogen) atoms. The average Bonchev–Trinajstić information content (AvgIpc) is 2.28. The molecule has 0 fully saturated rings. The third kappa shape index (κ3) is 8.73. The van der Waals surface area contributed by atoms with E-state index < -0.39 is 5.50 Å². The summed E-state index contributed by atoms with van der Waals surface area (Å²) in [5, 5.41) is 3.30. The SMILES string of the molecule is [B]C(C)(CCNC(C)C=C)OCCC(C)(C)OC. The molecule has 0 aromatic heterocycles. The average molecular weight is 253 g/mol. The maximum Gasteiger partial charge on any atom is 0.113 e. The Balaban J connectivity index is 3.83. The molecule has 0 rings (SSSR count). The maximum atomic E-state index is 6.09. The normalized spacial score (nSPS) is 17.2. The molecule has 0 spiro atoms. The van der Waals surface area contributed by atoms with Crippen molar-refractivity contribution in [3.63, 3.8) is 0 Å². The molecule has 0 aromatic carbocycles. The van der Waals surface area contributed by atoms with Gasteiger partial charge in [0.2, 0.25) is 0 Å². The second-order valence-electron chi connectivity index (χ2n) is 5.60. The first-order valence-electron chi connectivity index (χ1n) is 6.56. The zero-order valence-electron chi connectivity index (χ0n) is 12.6. The number of rotatable bonds is 10. The van der Waals surface area contributed by atoms with E-state index in [0.29, 0.717) is 12.6 Å². The largest absolute Gasteiger partial charge is 0.385 e. The Hall–Kier alpha value is -0.315. The van der Waals surface area contributed by atoms with Gasteiger partial charge in [-0.25, -0.2) is 0 Å². The van der Waals surface area contributed by atoms with Gasteiger partial charge in [0, 0.05) is 25.3 Å². The van der Waals surface area contributed by atoms with Crippen LogP contribution in [-0.2, 0) is 9.47 Å². The van der Waals surface area contributed by atoms with Gasteiger partial charge in [-0.1, -0.05) is 6.08 Å². The van der Waals surface area contributed by atoms with Crippen LogP contribution in [0.2, 0.25) is 0 Å². The summed E-state index contributed by atoms with van der Waals surface area (Å²) in [6, 6.07) is 0.299. The van der Waals surface area contributed by atoms with Crippen LogP contribution in [0.3, 0.4) is 0 Å². The molecular formula is C14H28BNO2. The number of nitrogens with one attached hydrogen (secondary N) is 1. The molecule has 0 heterocycles. The molecule has 0 aliphatic rings. The first kappa shape index (κ1) is 17.7. The monoisotopic (exact) mass is 253 g/mol. The fourth-order valence-electron chi connectivity index (χ4n) is 1.34. The predicted octanol–water partition coefficient (Wildman–Crippen LogP) is 2.26. The highest BCUT2D eigenvalue weighted by atomic mass is 16.5. The lowest BCUT2D eigenvalue weighted by Gasteiger charge is -2.29. The first-order chi connectivity index (χ1) is 8.22. The van der Waals surface area contributed by atoms with Crippen molar-refractivity contribution in [3.05, 3.63) is 12.7 Å². The van der Waals surface area contributed by atoms with Gasteiger partial charge in [0.1, 0.15) is 7.85 Å². The topological polar surface area (TPSA) is 30.5 Å². The van der Waals surface area contributed by atoms with Crippen LogP contribution < -0.4 is 5.32 Å². The molecule has 3 nitrogen and oxygen atoms in total. The molecule has 0 amide bonds. The van der Waals surface area contributed by atoms with E-state index in [1.807, 2.05) is 26.8 Å². The minimum absolute atomic E-state index is 0.161. The van der Waals surface area contributed by atoms with Crippen molar-refractivity contribution in [2.24, 2.45) is 0 Å². The molecule has 0 bridgehead atoms. The predicted molar refractivity (Wildman–Crippen MR) is 78.1 cm³/mol. The molecule has 0 aliphatic heterocycles. The van der Waals surface area contributed by atoms with E-state index in [1.54, 1.807) is 7.11 Å². The standard InChI is InChI=1S/C14H28BNO2/c1-7-12(2)16-10-8-14(5,15)18-11-9-13(3,4)17-6/h7,12,16H,1,8-11H2,2-6H3. The van der Waals surface area contributed by atoms with Crippen LogP contribution in [-0.4, -0.2) is 45.3 Å². The summed E-state index contributed by atoms with van der Waals surface area (Å²) in [6.45, 7) is 13.2. The van der Waals surface area contributed by atoms with Crippen LogP contribution in [0.25, 0.3) is 0 Å². The summed E-state index contributed by atoms with van der Waals surface area (Å²) >= 11 is 0. The highest BCUT2D eigenvalue weighted by molar-refractivity contribution is 6.14. The molecule has 0 aliphatic carbocycles. The summed E-state index contributed by atoms with van der Waals surface area (Å²) in [6.07, 6.45) is 3.46. The van der Waals surface area contributed by atoms with Crippen molar-refractivity contribution in [1.82, 2.24) is 5.32 Å². The van der Waals surface area contributed by atoms with Crippen molar-refractivity contribution >= 4 is 7.85 Å². The van der Waals surface area contributed by atoms with Gasteiger partial charge in [-0.15, -0.1) is 6.58 Å². The van der Waals surface area contributed by atoms with Crippen LogP contribution in [0.4, 0.5) is 0 Å². The summed E-state index contributed by atoms with van der Waals surface area (Å²) < 4.78 is 11.0. The van der Waals surface area contributed by atoms with Crippen LogP contribution in [0.5, 0.6) is 0 Å². The van der Waals surface area contributed by atoms with Crippen molar-refractivity contribution in [2.45, 2.75) is 57.7 Å². The molecule has 0 saturated heterocycles. The third-order valence-electron chi connectivity index (χ3n) is 3.13. The Morgan fingerprint density at radius 3 is 2.44 bits per heavy atom. The van der Waals surface area contributed by atoms with Crippen molar-refractivity contribution in [1.29, 1.82) is 0 Å². The van der Waals surface area contributed by atoms with Crippen LogP contribution in [0.15, 0.2) is 12.7 Å². The van der Waals surface area contributed by atoms with Gasteiger partial charge < -0.3 is 14.8 Å². The minimum atomic E-state index is -0.599. The lowest BCUT2D eigenvalue weighted by molar-refractivity contribution is -0.0363. The van der Waals surface area contributed by atoms with Crippen molar-refractivity contribution < 1.29 is 9.47 Å². The van der Waals surface area contributed by atoms with E-state index in [4.69, 9.17) is 17.3 Å². The van der Waals surface area contributed by atoms with Gasteiger partial charge in [0.05, 0.1) is 5.60 Å². The van der Waals surface area contributed by atoms with E-state index in [9.17, 15) is 0 Å². The second-order valence-corrected chi connectivity index (χ2v) is 5.60. The summed E-state index contributed by atoms with van der Waals surface area (Å²) in [5.41, 5.74) is -0.761. The fourth-order valence-corrected chi connectivity index (χ4v) is 1.34. The molecule has 2 unspecified atom stereocenters. The van der Waals surface area contributed by atoms with Crippen LogP contribution in [0, 0.1) is 0 Å². The lowest BCUT2D eigenvalue weighted by atomic mass is 9.80. The smallest absolute Gasteiger partial charge is 0.113 e. The fraction of sp³-hybridized carbons (Fsp3) is 0.857. The molecule has 0 aromatic rings. The van der Waals surface area contributed by atoms with Gasteiger partial charge in [-0.2, -0.15) is 0 Å². The number of ether oxygens (including phenoxy) is 2. The number of hydrogen-bond acceptors (Lipinski definition) is 3. The van der Waals surface area contributed by atoms with Gasteiger partial charge in [0.25, 0.3) is 0 Å². The van der Waals surface area contributed by atoms with E-state index in [-0.39, 0.29) is 5.60 Å². The lowest BCUT2D eigenvalue weighted by Crippen LogP contribution is -2.37. The summed E-state index contributed by atoms with van der Waals surface area (Å²) in [5.74, 6) is 0. The van der Waals surface area contributed by atoms with Gasteiger partial charge in [0.15, 0.2) is 0 Å². The van der Waals surface area contributed by atoms with Crippen LogP contribution >= 0.6 is 0 Å². The second kappa shape index (κ2) is 7.98. The Morgan fingerprint density at radius 2 is 1.94 bits per heavy atom. The van der Waals surface area contributed by atoms with Gasteiger partial charge in [-0.3, -0.25) is 0 Å². The van der Waals surface area contributed by atoms with Gasteiger partial charge >= 0.3 is 0 Å². The molecule has 0 saturated carbocycles. The Bertz CT molecular complexity index is 242. The van der Waals surface area contributed by atoms with Crippen molar-refractivity contribution in [2.75, 3.05) is 20.3 Å². The van der Waals surface area contributed by atoms with Crippen molar-refractivity contribution in [3.8, 4) is 0 Å².